The zero-order valence-corrected chi connectivity index (χ0v) is 16.4. The molecule has 160 valence electrons. The summed E-state index contributed by atoms with van der Waals surface area (Å²) in [5.41, 5.74) is 9.46. The highest BCUT2D eigenvalue weighted by Gasteiger charge is 2.31. The summed E-state index contributed by atoms with van der Waals surface area (Å²) in [4.78, 5) is 20.8. The number of ether oxygens (including phenoxy) is 1. The first-order chi connectivity index (χ1) is 14.2. The molecule has 1 heterocycles. The van der Waals surface area contributed by atoms with E-state index in [1.54, 1.807) is 12.1 Å². The van der Waals surface area contributed by atoms with Crippen molar-refractivity contribution in [2.75, 3.05) is 7.11 Å². The lowest BCUT2D eigenvalue weighted by molar-refractivity contribution is -0.274. The minimum absolute atomic E-state index is 0.250. The molecule has 0 fully saturated rings. The number of aromatic nitrogens is 1. The predicted molar refractivity (Wildman–Crippen MR) is 104 cm³/mol. The van der Waals surface area contributed by atoms with E-state index in [-0.39, 0.29) is 12.2 Å². The van der Waals surface area contributed by atoms with Crippen LogP contribution in [-0.2, 0) is 27.5 Å². The van der Waals surface area contributed by atoms with Crippen LogP contribution in [0.5, 0.6) is 5.75 Å². The lowest BCUT2D eigenvalue weighted by Crippen LogP contribution is -2.34. The summed E-state index contributed by atoms with van der Waals surface area (Å²) in [5, 5.41) is 0.938. The zero-order chi connectivity index (χ0) is 21.9. The van der Waals surface area contributed by atoms with Gasteiger partial charge in [0.1, 0.15) is 11.8 Å². The van der Waals surface area contributed by atoms with Crippen LogP contribution in [0, 0.1) is 6.92 Å². The van der Waals surface area contributed by atoms with Crippen LogP contribution in [0.15, 0.2) is 48.5 Å². The highest BCUT2D eigenvalue weighted by Crippen LogP contribution is 2.29. The molecule has 0 saturated heterocycles. The largest absolute Gasteiger partial charge is 0.573 e. The van der Waals surface area contributed by atoms with Crippen molar-refractivity contribution < 1.29 is 32.5 Å². The molecular formula is C21H21F3N2O4. The third kappa shape index (κ3) is 4.92. The Morgan fingerprint density at radius 2 is 1.80 bits per heavy atom. The summed E-state index contributed by atoms with van der Waals surface area (Å²) in [7, 11) is 1.23. The number of rotatable bonds is 7. The smallest absolute Gasteiger partial charge is 0.406 e. The molecule has 2 aromatic carbocycles. The van der Waals surface area contributed by atoms with E-state index in [1.165, 1.54) is 19.2 Å². The first kappa shape index (κ1) is 21.7. The number of alkyl halides is 3. The van der Waals surface area contributed by atoms with Gasteiger partial charge in [0.25, 0.3) is 0 Å². The average molecular weight is 422 g/mol. The van der Waals surface area contributed by atoms with Gasteiger partial charge >= 0.3 is 12.3 Å². The number of para-hydroxylation sites is 1. The van der Waals surface area contributed by atoms with Gasteiger partial charge in [-0.2, -0.15) is 4.89 Å². The van der Waals surface area contributed by atoms with E-state index < -0.39 is 18.4 Å². The van der Waals surface area contributed by atoms with Gasteiger partial charge in [0.05, 0.1) is 7.11 Å². The highest BCUT2D eigenvalue weighted by molar-refractivity contribution is 5.87. The molecule has 1 atom stereocenters. The maximum atomic E-state index is 12.4. The quantitative estimate of drug-likeness (QED) is 0.462. The third-order valence-corrected chi connectivity index (χ3v) is 4.75. The second kappa shape index (κ2) is 8.76. The average Bonchev–Trinajstić information content (AvgIpc) is 2.94. The SMILES string of the molecule is COOC(=O)[C@@H](N)Cc1c(C)n(Cc2ccc(OC(F)(F)F)cc2)c2ccccc12. The van der Waals surface area contributed by atoms with E-state index in [9.17, 15) is 18.0 Å². The van der Waals surface area contributed by atoms with Crippen molar-refractivity contribution in [3.63, 3.8) is 0 Å². The third-order valence-electron chi connectivity index (χ3n) is 4.75. The number of fused-ring (bicyclic) bond motifs is 1. The number of carbonyl (C=O) groups is 1. The molecule has 9 heteroatoms. The second-order valence-corrected chi connectivity index (χ2v) is 6.74. The number of halogens is 3. The normalized spacial score (nSPS) is 12.7. The van der Waals surface area contributed by atoms with Crippen LogP contribution in [0.2, 0.25) is 0 Å². The molecule has 3 rings (SSSR count). The van der Waals surface area contributed by atoms with E-state index in [4.69, 9.17) is 5.73 Å². The predicted octanol–water partition coefficient (Wildman–Crippen LogP) is 3.87. The minimum atomic E-state index is -4.73. The van der Waals surface area contributed by atoms with E-state index in [0.29, 0.717) is 6.54 Å². The van der Waals surface area contributed by atoms with Gasteiger partial charge in [-0.1, -0.05) is 30.3 Å². The van der Waals surface area contributed by atoms with Gasteiger partial charge in [0.2, 0.25) is 0 Å². The molecular weight excluding hydrogens is 401 g/mol. The number of nitrogens with zero attached hydrogens (tertiary/aromatic N) is 1. The van der Waals surface area contributed by atoms with Crippen molar-refractivity contribution in [3.8, 4) is 5.75 Å². The van der Waals surface area contributed by atoms with E-state index in [2.05, 4.69) is 14.5 Å². The molecule has 2 N–H and O–H groups in total. The van der Waals surface area contributed by atoms with E-state index in [1.807, 2.05) is 35.8 Å². The maximum Gasteiger partial charge on any atom is 0.573 e. The fraction of sp³-hybridized carbons (Fsp3) is 0.286. The fourth-order valence-electron chi connectivity index (χ4n) is 3.39. The molecule has 0 spiro atoms. The summed E-state index contributed by atoms with van der Waals surface area (Å²) in [6.45, 7) is 2.33. The van der Waals surface area contributed by atoms with E-state index >= 15 is 0 Å². The molecule has 6 nitrogen and oxygen atoms in total. The highest BCUT2D eigenvalue weighted by atomic mass is 19.4. The topological polar surface area (TPSA) is 75.7 Å². The number of hydrogen-bond donors (Lipinski definition) is 1. The van der Waals surface area contributed by atoms with Crippen LogP contribution in [0.4, 0.5) is 13.2 Å². The Labute approximate surface area is 170 Å². The lowest BCUT2D eigenvalue weighted by atomic mass is 10.0. The molecule has 0 aliphatic rings. The fourth-order valence-corrected chi connectivity index (χ4v) is 3.39. The summed E-state index contributed by atoms with van der Waals surface area (Å²) in [5.74, 6) is -0.947. The Hall–Kier alpha value is -3.04. The monoisotopic (exact) mass is 422 g/mol. The van der Waals surface area contributed by atoms with Crippen LogP contribution in [0.25, 0.3) is 10.9 Å². The second-order valence-electron chi connectivity index (χ2n) is 6.74. The molecule has 0 aliphatic carbocycles. The van der Waals surface area contributed by atoms with E-state index in [0.717, 1.165) is 27.7 Å². The summed E-state index contributed by atoms with van der Waals surface area (Å²) < 4.78 is 43.0. The zero-order valence-electron chi connectivity index (χ0n) is 16.4. The van der Waals surface area contributed by atoms with Crippen molar-refractivity contribution in [1.82, 2.24) is 4.57 Å². The van der Waals surface area contributed by atoms with Crippen molar-refractivity contribution in [2.45, 2.75) is 32.3 Å². The number of hydrogen-bond acceptors (Lipinski definition) is 5. The van der Waals surface area contributed by atoms with Crippen LogP contribution < -0.4 is 10.5 Å². The van der Waals surface area contributed by atoms with Gasteiger partial charge in [-0.15, -0.1) is 13.2 Å². The molecule has 30 heavy (non-hydrogen) atoms. The summed E-state index contributed by atoms with van der Waals surface area (Å²) in [6, 6.07) is 12.5. The van der Waals surface area contributed by atoms with Gasteiger partial charge in [-0.05, 0) is 36.2 Å². The first-order valence-electron chi connectivity index (χ1n) is 9.11. The molecule has 3 aromatic rings. The molecule has 0 aliphatic heterocycles. The molecule has 0 amide bonds. The van der Waals surface area contributed by atoms with Crippen LogP contribution >= 0.6 is 0 Å². The van der Waals surface area contributed by atoms with Crippen molar-refractivity contribution in [1.29, 1.82) is 0 Å². The summed E-state index contributed by atoms with van der Waals surface area (Å²) in [6.07, 6.45) is -4.48. The number of carbonyl (C=O) groups excluding carboxylic acids is 1. The number of nitrogens with two attached hydrogens (primary N) is 1. The minimum Gasteiger partial charge on any atom is -0.406 e. The molecule has 1 aromatic heterocycles. The van der Waals surface area contributed by atoms with Crippen molar-refractivity contribution >= 4 is 16.9 Å². The van der Waals surface area contributed by atoms with Gasteiger partial charge < -0.3 is 15.0 Å². The van der Waals surface area contributed by atoms with Gasteiger partial charge in [0, 0.05) is 29.6 Å². The Kier molecular flexibility index (Phi) is 6.33. The Balaban J connectivity index is 1.89. The Bertz CT molecular complexity index is 1030. The number of benzene rings is 2. The maximum absolute atomic E-state index is 12.4. The lowest BCUT2D eigenvalue weighted by Gasteiger charge is -2.12. The molecule has 0 saturated carbocycles. The van der Waals surface area contributed by atoms with Crippen molar-refractivity contribution in [3.05, 3.63) is 65.4 Å². The molecule has 0 bridgehead atoms. The Morgan fingerprint density at radius 3 is 2.43 bits per heavy atom. The van der Waals surface area contributed by atoms with Crippen molar-refractivity contribution in [2.24, 2.45) is 5.73 Å². The van der Waals surface area contributed by atoms with Gasteiger partial charge in [0.15, 0.2) is 0 Å². The molecule has 0 radical (unpaired) electrons. The van der Waals surface area contributed by atoms with Crippen LogP contribution in [0.1, 0.15) is 16.8 Å². The Morgan fingerprint density at radius 1 is 1.13 bits per heavy atom. The van der Waals surface area contributed by atoms with Gasteiger partial charge in [-0.3, -0.25) is 4.89 Å². The first-order valence-corrected chi connectivity index (χ1v) is 9.11. The summed E-state index contributed by atoms with van der Waals surface area (Å²) >= 11 is 0. The molecule has 0 unspecified atom stereocenters. The van der Waals surface area contributed by atoms with Crippen LogP contribution in [-0.4, -0.2) is 30.1 Å². The van der Waals surface area contributed by atoms with Crippen LogP contribution in [0.3, 0.4) is 0 Å². The van der Waals surface area contributed by atoms with Gasteiger partial charge in [-0.25, -0.2) is 4.79 Å². The standard InChI is InChI=1S/C21H21F3N2O4/c1-13-17(11-18(25)20(27)30-28-2)16-5-3-4-6-19(16)26(13)12-14-7-9-15(10-8-14)29-21(22,23)24/h3-10,18H,11-12,25H2,1-2H3/t18-/m0/s1.